The molecule has 0 atom stereocenters. The molecule has 5 heteroatoms. The fourth-order valence-corrected chi connectivity index (χ4v) is 2.73. The van der Waals surface area contributed by atoms with Crippen LogP contribution in [-0.4, -0.2) is 11.4 Å². The Balaban J connectivity index is 1.90. The monoisotopic (exact) mass is 293 g/mol. The van der Waals surface area contributed by atoms with Gasteiger partial charge < -0.3 is 10.6 Å². The summed E-state index contributed by atoms with van der Waals surface area (Å²) in [5.74, 6) is 0.783. The Labute approximate surface area is 128 Å². The summed E-state index contributed by atoms with van der Waals surface area (Å²) in [5.41, 5.74) is 12.5. The van der Waals surface area contributed by atoms with Crippen LogP contribution in [0.3, 0.4) is 0 Å². The number of nitrogens with two attached hydrogens (primary N) is 1. The molecule has 2 aromatic carbocycles. The third kappa shape index (κ3) is 2.16. The van der Waals surface area contributed by atoms with Crippen molar-refractivity contribution in [3.05, 3.63) is 58.7 Å². The molecule has 0 fully saturated rings. The van der Waals surface area contributed by atoms with Gasteiger partial charge in [0.15, 0.2) is 5.75 Å². The van der Waals surface area contributed by atoms with E-state index in [-0.39, 0.29) is 0 Å². The van der Waals surface area contributed by atoms with Crippen LogP contribution in [0.4, 0.5) is 5.69 Å². The van der Waals surface area contributed by atoms with Crippen molar-refractivity contribution in [3.8, 4) is 5.75 Å². The van der Waals surface area contributed by atoms with Crippen LogP contribution in [0.5, 0.6) is 5.75 Å². The van der Waals surface area contributed by atoms with Crippen LogP contribution < -0.4 is 10.6 Å². The highest BCUT2D eigenvalue weighted by molar-refractivity contribution is 6.15. The van der Waals surface area contributed by atoms with Crippen molar-refractivity contribution < 1.29 is 9.78 Å². The van der Waals surface area contributed by atoms with Crippen molar-refractivity contribution in [3.63, 3.8) is 0 Å². The van der Waals surface area contributed by atoms with Crippen molar-refractivity contribution in [2.24, 2.45) is 10.2 Å². The molecule has 0 saturated carbocycles. The second-order valence-electron chi connectivity index (χ2n) is 5.55. The summed E-state index contributed by atoms with van der Waals surface area (Å²) in [6.45, 7) is 2.43. The predicted octanol–water partition coefficient (Wildman–Crippen LogP) is 2.86. The van der Waals surface area contributed by atoms with Crippen LogP contribution in [0, 0.1) is 0 Å². The van der Waals surface area contributed by atoms with Gasteiger partial charge in [-0.05, 0) is 36.8 Å². The lowest BCUT2D eigenvalue weighted by Crippen LogP contribution is -2.07. The van der Waals surface area contributed by atoms with Crippen LogP contribution in [0.15, 0.2) is 46.6 Å². The lowest BCUT2D eigenvalue weighted by molar-refractivity contribution is -0.194. The SMILES string of the molecule is CC1=NN=C(c2ccc(N)cc2)c2cc3c(cc2C1)OOC3. The molecule has 110 valence electrons. The summed E-state index contributed by atoms with van der Waals surface area (Å²) in [5, 5.41) is 8.78. The van der Waals surface area contributed by atoms with E-state index in [0.717, 1.165) is 51.5 Å². The third-order valence-corrected chi connectivity index (χ3v) is 3.86. The summed E-state index contributed by atoms with van der Waals surface area (Å²) in [7, 11) is 0. The molecular weight excluding hydrogens is 278 g/mol. The average Bonchev–Trinajstić information content (AvgIpc) is 2.89. The summed E-state index contributed by atoms with van der Waals surface area (Å²) in [6, 6.07) is 11.8. The standard InChI is InChI=1S/C17H15N3O2/c1-10-6-12-8-16-13(9-21-22-16)7-15(12)17(20-19-10)11-2-4-14(18)5-3-11/h2-5,7-8H,6,9,18H2,1H3. The summed E-state index contributed by atoms with van der Waals surface area (Å²) < 4.78 is 0. The van der Waals surface area contributed by atoms with Gasteiger partial charge in [0.2, 0.25) is 0 Å². The Kier molecular flexibility index (Phi) is 2.94. The van der Waals surface area contributed by atoms with Gasteiger partial charge in [0.05, 0.1) is 0 Å². The summed E-state index contributed by atoms with van der Waals surface area (Å²) in [4.78, 5) is 10.3. The first-order valence-electron chi connectivity index (χ1n) is 7.13. The zero-order chi connectivity index (χ0) is 15.1. The maximum absolute atomic E-state index is 5.78. The maximum Gasteiger partial charge on any atom is 0.171 e. The molecule has 0 bridgehead atoms. The number of rotatable bonds is 1. The Morgan fingerprint density at radius 3 is 2.68 bits per heavy atom. The van der Waals surface area contributed by atoms with Gasteiger partial charge in [-0.25, -0.2) is 0 Å². The molecule has 0 unspecified atom stereocenters. The molecule has 2 aromatic rings. The molecule has 0 radical (unpaired) electrons. The molecule has 2 aliphatic heterocycles. The van der Waals surface area contributed by atoms with Gasteiger partial charge in [-0.15, -0.1) is 5.10 Å². The van der Waals surface area contributed by atoms with E-state index in [4.69, 9.17) is 15.5 Å². The molecule has 0 aliphatic carbocycles. The predicted molar refractivity (Wildman–Crippen MR) is 85.2 cm³/mol. The smallest absolute Gasteiger partial charge is 0.171 e. The number of anilines is 1. The van der Waals surface area contributed by atoms with Gasteiger partial charge in [0.1, 0.15) is 12.3 Å². The number of hydrogen-bond donors (Lipinski definition) is 1. The zero-order valence-electron chi connectivity index (χ0n) is 12.2. The zero-order valence-corrected chi connectivity index (χ0v) is 12.2. The minimum absolute atomic E-state index is 0.456. The first-order chi connectivity index (χ1) is 10.7. The number of nitrogens with zero attached hydrogens (tertiary/aromatic N) is 2. The van der Waals surface area contributed by atoms with Gasteiger partial charge in [0, 0.05) is 34.5 Å². The summed E-state index contributed by atoms with van der Waals surface area (Å²) in [6.07, 6.45) is 0.744. The molecule has 22 heavy (non-hydrogen) atoms. The van der Waals surface area contributed by atoms with Crippen LogP contribution >= 0.6 is 0 Å². The summed E-state index contributed by atoms with van der Waals surface area (Å²) >= 11 is 0. The fraction of sp³-hybridized carbons (Fsp3) is 0.176. The largest absolute Gasteiger partial charge is 0.399 e. The fourth-order valence-electron chi connectivity index (χ4n) is 2.73. The van der Waals surface area contributed by atoms with E-state index in [2.05, 4.69) is 16.3 Å². The van der Waals surface area contributed by atoms with Crippen molar-refractivity contribution in [2.45, 2.75) is 20.0 Å². The number of hydrogen-bond acceptors (Lipinski definition) is 5. The molecular formula is C17H15N3O2. The first-order valence-corrected chi connectivity index (χ1v) is 7.13. The van der Waals surface area contributed by atoms with Crippen molar-refractivity contribution >= 4 is 17.1 Å². The molecule has 0 saturated heterocycles. The highest BCUT2D eigenvalue weighted by Crippen LogP contribution is 2.32. The van der Waals surface area contributed by atoms with Crippen LogP contribution in [-0.2, 0) is 17.9 Å². The lowest BCUT2D eigenvalue weighted by atomic mass is 9.93. The third-order valence-electron chi connectivity index (χ3n) is 3.86. The van der Waals surface area contributed by atoms with Crippen LogP contribution in [0.1, 0.15) is 29.2 Å². The van der Waals surface area contributed by atoms with Gasteiger partial charge in [-0.1, -0.05) is 12.1 Å². The second-order valence-corrected chi connectivity index (χ2v) is 5.55. The molecule has 2 aliphatic rings. The average molecular weight is 293 g/mol. The van der Waals surface area contributed by atoms with Gasteiger partial charge in [-0.3, -0.25) is 0 Å². The molecule has 2 N–H and O–H groups in total. The van der Waals surface area contributed by atoms with E-state index in [9.17, 15) is 0 Å². The molecule has 0 aromatic heterocycles. The van der Waals surface area contributed by atoms with E-state index in [1.54, 1.807) is 0 Å². The van der Waals surface area contributed by atoms with Gasteiger partial charge >= 0.3 is 0 Å². The lowest BCUT2D eigenvalue weighted by Gasteiger charge is -2.11. The van der Waals surface area contributed by atoms with Crippen LogP contribution in [0.25, 0.3) is 0 Å². The van der Waals surface area contributed by atoms with E-state index in [1.165, 1.54) is 0 Å². The Morgan fingerprint density at radius 2 is 1.86 bits per heavy atom. The van der Waals surface area contributed by atoms with Gasteiger partial charge in [0.25, 0.3) is 0 Å². The highest BCUT2D eigenvalue weighted by Gasteiger charge is 2.22. The minimum Gasteiger partial charge on any atom is -0.399 e. The highest BCUT2D eigenvalue weighted by atomic mass is 17.2. The number of fused-ring (bicyclic) bond motifs is 2. The molecule has 5 nitrogen and oxygen atoms in total. The quantitative estimate of drug-likeness (QED) is 0.649. The van der Waals surface area contributed by atoms with E-state index in [1.807, 2.05) is 37.3 Å². The first kappa shape index (κ1) is 13.0. The normalized spacial score (nSPS) is 16.0. The van der Waals surface area contributed by atoms with Crippen molar-refractivity contribution in [1.29, 1.82) is 0 Å². The maximum atomic E-state index is 5.78. The second kappa shape index (κ2) is 4.96. The van der Waals surface area contributed by atoms with Crippen LogP contribution in [0.2, 0.25) is 0 Å². The molecule has 4 rings (SSSR count). The van der Waals surface area contributed by atoms with E-state index >= 15 is 0 Å². The molecule has 0 spiro atoms. The topological polar surface area (TPSA) is 69.2 Å². The Morgan fingerprint density at radius 1 is 1.05 bits per heavy atom. The Hall–Kier alpha value is -2.66. The van der Waals surface area contributed by atoms with Crippen molar-refractivity contribution in [1.82, 2.24) is 0 Å². The van der Waals surface area contributed by atoms with E-state index in [0.29, 0.717) is 6.61 Å². The van der Waals surface area contributed by atoms with E-state index < -0.39 is 0 Å². The van der Waals surface area contributed by atoms with Crippen molar-refractivity contribution in [2.75, 3.05) is 5.73 Å². The number of nitrogen functional groups attached to an aromatic ring is 1. The number of benzene rings is 2. The Bertz CT molecular complexity index is 807. The molecule has 2 heterocycles. The van der Waals surface area contributed by atoms with Gasteiger partial charge in [-0.2, -0.15) is 9.99 Å². The molecule has 0 amide bonds. The minimum atomic E-state index is 0.456.